The molecule has 2 nitrogen and oxygen atoms in total. The molecule has 0 spiro atoms. The van der Waals surface area contributed by atoms with Crippen LogP contribution in [0.2, 0.25) is 10.0 Å². The highest BCUT2D eigenvalue weighted by Crippen LogP contribution is 2.32. The van der Waals surface area contributed by atoms with Gasteiger partial charge in [-0.05, 0) is 31.4 Å². The number of hydrogen-bond acceptors (Lipinski definition) is 2. The van der Waals surface area contributed by atoms with Crippen molar-refractivity contribution in [3.8, 4) is 0 Å². The van der Waals surface area contributed by atoms with Gasteiger partial charge in [-0.25, -0.2) is 0 Å². The van der Waals surface area contributed by atoms with E-state index < -0.39 is 0 Å². The first-order chi connectivity index (χ1) is 8.11. The summed E-state index contributed by atoms with van der Waals surface area (Å²) in [4.78, 5) is 0. The first-order valence-corrected chi connectivity index (χ1v) is 6.60. The third kappa shape index (κ3) is 2.94. The molecule has 1 aliphatic carbocycles. The molecule has 1 aliphatic rings. The summed E-state index contributed by atoms with van der Waals surface area (Å²) < 4.78 is 5.26. The molecule has 1 atom stereocenters. The van der Waals surface area contributed by atoms with Gasteiger partial charge in [-0.1, -0.05) is 35.3 Å². The van der Waals surface area contributed by atoms with Gasteiger partial charge in [-0.3, -0.25) is 0 Å². The van der Waals surface area contributed by atoms with E-state index in [0.717, 1.165) is 18.4 Å². The van der Waals surface area contributed by atoms with E-state index in [-0.39, 0.29) is 6.04 Å². The summed E-state index contributed by atoms with van der Waals surface area (Å²) >= 11 is 12.2. The SMILES string of the molecule is COC1CC(NC(C)c2cccc(Cl)c2Cl)C1. The Morgan fingerprint density at radius 1 is 1.35 bits per heavy atom. The van der Waals surface area contributed by atoms with Crippen LogP contribution in [0.4, 0.5) is 0 Å². The highest BCUT2D eigenvalue weighted by Gasteiger charge is 2.30. The average molecular weight is 274 g/mol. The van der Waals surface area contributed by atoms with Crippen LogP contribution in [0.5, 0.6) is 0 Å². The fraction of sp³-hybridized carbons (Fsp3) is 0.538. The molecule has 4 heteroatoms. The summed E-state index contributed by atoms with van der Waals surface area (Å²) in [6.45, 7) is 2.11. The molecule has 0 amide bonds. The Morgan fingerprint density at radius 2 is 2.06 bits per heavy atom. The Morgan fingerprint density at radius 3 is 2.71 bits per heavy atom. The second-order valence-electron chi connectivity index (χ2n) is 4.56. The predicted octanol–water partition coefficient (Wildman–Crippen LogP) is 3.82. The highest BCUT2D eigenvalue weighted by molar-refractivity contribution is 6.42. The van der Waals surface area contributed by atoms with Crippen LogP contribution in [0.1, 0.15) is 31.4 Å². The van der Waals surface area contributed by atoms with Crippen molar-refractivity contribution in [3.63, 3.8) is 0 Å². The second-order valence-corrected chi connectivity index (χ2v) is 5.34. The molecule has 2 rings (SSSR count). The van der Waals surface area contributed by atoms with Crippen molar-refractivity contribution in [3.05, 3.63) is 33.8 Å². The molecule has 1 N–H and O–H groups in total. The van der Waals surface area contributed by atoms with Gasteiger partial charge in [0.05, 0.1) is 16.1 Å². The lowest BCUT2D eigenvalue weighted by molar-refractivity contribution is 0.0147. The topological polar surface area (TPSA) is 21.3 Å². The van der Waals surface area contributed by atoms with Gasteiger partial charge < -0.3 is 10.1 Å². The van der Waals surface area contributed by atoms with Crippen molar-refractivity contribution in [1.29, 1.82) is 0 Å². The zero-order valence-corrected chi connectivity index (χ0v) is 11.6. The lowest BCUT2D eigenvalue weighted by Crippen LogP contribution is -2.45. The maximum absolute atomic E-state index is 6.19. The van der Waals surface area contributed by atoms with Crippen LogP contribution in [0, 0.1) is 0 Å². The minimum absolute atomic E-state index is 0.212. The van der Waals surface area contributed by atoms with Crippen molar-refractivity contribution >= 4 is 23.2 Å². The second kappa shape index (κ2) is 5.57. The molecular weight excluding hydrogens is 257 g/mol. The van der Waals surface area contributed by atoms with E-state index in [1.807, 2.05) is 18.2 Å². The van der Waals surface area contributed by atoms with E-state index in [1.54, 1.807) is 7.11 Å². The molecule has 1 saturated carbocycles. The van der Waals surface area contributed by atoms with E-state index in [2.05, 4.69) is 12.2 Å². The molecule has 17 heavy (non-hydrogen) atoms. The number of methoxy groups -OCH3 is 1. The molecule has 0 heterocycles. The van der Waals surface area contributed by atoms with Crippen LogP contribution in [-0.4, -0.2) is 19.3 Å². The fourth-order valence-electron chi connectivity index (χ4n) is 2.19. The van der Waals surface area contributed by atoms with Gasteiger partial charge in [0.25, 0.3) is 0 Å². The van der Waals surface area contributed by atoms with Gasteiger partial charge in [-0.2, -0.15) is 0 Å². The zero-order chi connectivity index (χ0) is 12.4. The predicted molar refractivity (Wildman–Crippen MR) is 71.8 cm³/mol. The van der Waals surface area contributed by atoms with Crippen LogP contribution < -0.4 is 5.32 Å². The van der Waals surface area contributed by atoms with Gasteiger partial charge in [0.2, 0.25) is 0 Å². The summed E-state index contributed by atoms with van der Waals surface area (Å²) in [6.07, 6.45) is 2.55. The maximum Gasteiger partial charge on any atom is 0.0639 e. The van der Waals surface area contributed by atoms with Crippen LogP contribution in [-0.2, 0) is 4.74 Å². The molecule has 1 fully saturated rings. The number of benzene rings is 1. The van der Waals surface area contributed by atoms with Crippen LogP contribution in [0.3, 0.4) is 0 Å². The summed E-state index contributed by atoms with van der Waals surface area (Å²) in [6, 6.07) is 6.48. The van der Waals surface area contributed by atoms with Crippen molar-refractivity contribution < 1.29 is 4.74 Å². The largest absolute Gasteiger partial charge is 0.381 e. The van der Waals surface area contributed by atoms with Crippen molar-refractivity contribution in [2.24, 2.45) is 0 Å². The zero-order valence-electron chi connectivity index (χ0n) is 10.0. The Labute approximate surface area is 112 Å². The number of ether oxygens (including phenoxy) is 1. The van der Waals surface area contributed by atoms with E-state index in [4.69, 9.17) is 27.9 Å². The molecule has 1 aromatic carbocycles. The molecule has 0 aliphatic heterocycles. The van der Waals surface area contributed by atoms with Gasteiger partial charge in [0.15, 0.2) is 0 Å². The molecule has 1 aromatic rings. The molecular formula is C13H17Cl2NO. The Kier molecular flexibility index (Phi) is 4.31. The number of halogens is 2. The Bertz CT molecular complexity index is 391. The first-order valence-electron chi connectivity index (χ1n) is 5.84. The molecule has 94 valence electrons. The molecule has 0 bridgehead atoms. The third-order valence-electron chi connectivity index (χ3n) is 3.36. The smallest absolute Gasteiger partial charge is 0.0639 e. The summed E-state index contributed by atoms with van der Waals surface area (Å²) in [5, 5.41) is 4.80. The van der Waals surface area contributed by atoms with Crippen molar-refractivity contribution in [2.75, 3.05) is 7.11 Å². The van der Waals surface area contributed by atoms with Crippen molar-refractivity contribution in [1.82, 2.24) is 5.32 Å². The summed E-state index contributed by atoms with van der Waals surface area (Å²) in [5.74, 6) is 0. The van der Waals surface area contributed by atoms with Gasteiger partial charge >= 0.3 is 0 Å². The Hall–Kier alpha value is -0.280. The normalized spacial score (nSPS) is 25.4. The van der Waals surface area contributed by atoms with Crippen LogP contribution in [0.15, 0.2) is 18.2 Å². The number of rotatable bonds is 4. The number of hydrogen-bond donors (Lipinski definition) is 1. The quantitative estimate of drug-likeness (QED) is 0.901. The van der Waals surface area contributed by atoms with E-state index in [0.29, 0.717) is 22.2 Å². The molecule has 1 unspecified atom stereocenters. The minimum atomic E-state index is 0.212. The minimum Gasteiger partial charge on any atom is -0.381 e. The monoisotopic (exact) mass is 273 g/mol. The highest BCUT2D eigenvalue weighted by atomic mass is 35.5. The molecule has 0 aromatic heterocycles. The van der Waals surface area contributed by atoms with Gasteiger partial charge in [0.1, 0.15) is 0 Å². The lowest BCUT2D eigenvalue weighted by Gasteiger charge is -2.37. The fourth-order valence-corrected chi connectivity index (χ4v) is 2.66. The molecule has 0 saturated heterocycles. The van der Waals surface area contributed by atoms with Gasteiger partial charge in [-0.15, -0.1) is 0 Å². The van der Waals surface area contributed by atoms with E-state index >= 15 is 0 Å². The average Bonchev–Trinajstić information content (AvgIpc) is 2.26. The Balaban J connectivity index is 1.96. The standard InChI is InChI=1S/C13H17Cl2NO/c1-8(16-9-6-10(7-9)17-2)11-4-3-5-12(14)13(11)15/h3-5,8-10,16H,6-7H2,1-2H3. The maximum atomic E-state index is 6.19. The molecule has 0 radical (unpaired) electrons. The van der Waals surface area contributed by atoms with Crippen molar-refractivity contribution in [2.45, 2.75) is 38.0 Å². The van der Waals surface area contributed by atoms with E-state index in [1.165, 1.54) is 0 Å². The van der Waals surface area contributed by atoms with Crippen LogP contribution in [0.25, 0.3) is 0 Å². The number of nitrogens with one attached hydrogen (secondary N) is 1. The van der Waals surface area contributed by atoms with Gasteiger partial charge in [0, 0.05) is 19.2 Å². The third-order valence-corrected chi connectivity index (χ3v) is 4.20. The van der Waals surface area contributed by atoms with E-state index in [9.17, 15) is 0 Å². The van der Waals surface area contributed by atoms with Crippen LogP contribution >= 0.6 is 23.2 Å². The first kappa shape index (κ1) is 13.2. The summed E-state index contributed by atoms with van der Waals surface area (Å²) in [5.41, 5.74) is 1.06. The summed E-state index contributed by atoms with van der Waals surface area (Å²) in [7, 11) is 1.76. The lowest BCUT2D eigenvalue weighted by atomic mass is 9.88.